The zero-order valence-corrected chi connectivity index (χ0v) is 9.37. The molecule has 8 heteroatoms. The lowest BCUT2D eigenvalue weighted by atomic mass is 10.2. The van der Waals surface area contributed by atoms with Crippen LogP contribution < -0.4 is 0 Å². The average Bonchev–Trinajstić information content (AvgIpc) is 2.27. The number of hydrogen-bond acceptors (Lipinski definition) is 3. The monoisotopic (exact) mass is 267 g/mol. The van der Waals surface area contributed by atoms with E-state index in [0.717, 1.165) is 6.20 Å². The van der Waals surface area contributed by atoms with Gasteiger partial charge >= 0.3 is 6.18 Å². The molecule has 1 aromatic heterocycles. The molecular formula is C9H9ClF3N3O. The highest BCUT2D eigenvalue weighted by atomic mass is 35.5. The third kappa shape index (κ3) is 4.56. The first-order chi connectivity index (χ1) is 7.94. The van der Waals surface area contributed by atoms with Crippen LogP contribution in [-0.2, 0) is 0 Å². The Morgan fingerprint density at radius 3 is 2.59 bits per heavy atom. The second kappa shape index (κ2) is 5.81. The summed E-state index contributed by atoms with van der Waals surface area (Å²) in [4.78, 5) is 12.3. The van der Waals surface area contributed by atoms with Crippen LogP contribution in [-0.4, -0.2) is 46.2 Å². The van der Waals surface area contributed by atoms with E-state index in [1.54, 1.807) is 0 Å². The summed E-state index contributed by atoms with van der Waals surface area (Å²) < 4.78 is 36.7. The molecule has 0 aromatic carbocycles. The van der Waals surface area contributed by atoms with Crippen LogP contribution in [0.2, 0.25) is 0 Å². The Kier molecular flexibility index (Phi) is 4.68. The first kappa shape index (κ1) is 13.7. The zero-order valence-electron chi connectivity index (χ0n) is 8.62. The summed E-state index contributed by atoms with van der Waals surface area (Å²) in [7, 11) is 0. The lowest BCUT2D eigenvalue weighted by molar-refractivity contribution is -0.140. The number of carbonyl (C=O) groups excluding carboxylic acids is 1. The topological polar surface area (TPSA) is 46.1 Å². The third-order valence-electron chi connectivity index (χ3n) is 1.84. The molecular weight excluding hydrogens is 259 g/mol. The van der Waals surface area contributed by atoms with Crippen molar-refractivity contribution in [2.24, 2.45) is 0 Å². The number of hydrogen-bond donors (Lipinski definition) is 0. The normalized spacial score (nSPS) is 11.3. The number of halogens is 4. The van der Waals surface area contributed by atoms with E-state index in [1.807, 2.05) is 0 Å². The molecule has 0 atom stereocenters. The molecule has 1 heterocycles. The SMILES string of the molecule is O=C(c1ccnnc1)N(CCCl)CC(F)(F)F. The molecule has 1 aromatic rings. The fraction of sp³-hybridized carbons (Fsp3) is 0.444. The highest BCUT2D eigenvalue weighted by molar-refractivity contribution is 6.18. The van der Waals surface area contributed by atoms with Gasteiger partial charge in [-0.25, -0.2) is 0 Å². The van der Waals surface area contributed by atoms with Gasteiger partial charge in [0.05, 0.1) is 18.0 Å². The Morgan fingerprint density at radius 2 is 2.12 bits per heavy atom. The minimum Gasteiger partial charge on any atom is -0.328 e. The van der Waals surface area contributed by atoms with E-state index in [2.05, 4.69) is 10.2 Å². The molecule has 0 bridgehead atoms. The number of nitrogens with zero attached hydrogens (tertiary/aromatic N) is 3. The average molecular weight is 268 g/mol. The van der Waals surface area contributed by atoms with Crippen molar-refractivity contribution in [1.29, 1.82) is 0 Å². The number of amides is 1. The van der Waals surface area contributed by atoms with Crippen LogP contribution in [0.1, 0.15) is 10.4 Å². The van der Waals surface area contributed by atoms with Gasteiger partial charge in [0.1, 0.15) is 6.54 Å². The lowest BCUT2D eigenvalue weighted by Crippen LogP contribution is -2.40. The smallest absolute Gasteiger partial charge is 0.328 e. The molecule has 0 saturated heterocycles. The Hall–Kier alpha value is -1.37. The summed E-state index contributed by atoms with van der Waals surface area (Å²) in [5, 5.41) is 6.87. The van der Waals surface area contributed by atoms with Crippen molar-refractivity contribution in [3.8, 4) is 0 Å². The van der Waals surface area contributed by atoms with E-state index < -0.39 is 18.6 Å². The Bertz CT molecular complexity index is 371. The molecule has 94 valence electrons. The lowest BCUT2D eigenvalue weighted by Gasteiger charge is -2.22. The summed E-state index contributed by atoms with van der Waals surface area (Å²) in [6, 6.07) is 1.30. The minimum absolute atomic E-state index is 0.0503. The van der Waals surface area contributed by atoms with Crippen LogP contribution in [0.3, 0.4) is 0 Å². The van der Waals surface area contributed by atoms with Crippen LogP contribution in [0.5, 0.6) is 0 Å². The molecule has 0 aliphatic rings. The molecule has 4 nitrogen and oxygen atoms in total. The molecule has 0 unspecified atom stereocenters. The van der Waals surface area contributed by atoms with E-state index in [0.29, 0.717) is 4.90 Å². The van der Waals surface area contributed by atoms with Gasteiger partial charge in [-0.1, -0.05) is 0 Å². The van der Waals surface area contributed by atoms with E-state index >= 15 is 0 Å². The van der Waals surface area contributed by atoms with Crippen molar-refractivity contribution >= 4 is 17.5 Å². The van der Waals surface area contributed by atoms with Crippen LogP contribution >= 0.6 is 11.6 Å². The van der Waals surface area contributed by atoms with Crippen LogP contribution in [0.4, 0.5) is 13.2 Å². The van der Waals surface area contributed by atoms with E-state index in [9.17, 15) is 18.0 Å². The highest BCUT2D eigenvalue weighted by Crippen LogP contribution is 2.17. The van der Waals surface area contributed by atoms with Gasteiger partial charge in [-0.15, -0.1) is 11.6 Å². The van der Waals surface area contributed by atoms with E-state index in [4.69, 9.17) is 11.6 Å². The molecule has 0 fully saturated rings. The summed E-state index contributed by atoms with van der Waals surface area (Å²) in [5.74, 6) is -0.835. The molecule has 1 amide bonds. The quantitative estimate of drug-likeness (QED) is 0.781. The first-order valence-corrected chi connectivity index (χ1v) is 5.16. The third-order valence-corrected chi connectivity index (χ3v) is 2.01. The van der Waals surface area contributed by atoms with Gasteiger partial charge in [0.15, 0.2) is 0 Å². The fourth-order valence-corrected chi connectivity index (χ4v) is 1.37. The predicted octanol–water partition coefficient (Wildman–Crippen LogP) is 1.72. The van der Waals surface area contributed by atoms with E-state index in [-0.39, 0.29) is 18.0 Å². The molecule has 0 radical (unpaired) electrons. The van der Waals surface area contributed by atoms with Gasteiger partial charge < -0.3 is 4.90 Å². The van der Waals surface area contributed by atoms with Crippen LogP contribution in [0.25, 0.3) is 0 Å². The second-order valence-corrected chi connectivity index (χ2v) is 3.54. The summed E-state index contributed by atoms with van der Waals surface area (Å²) >= 11 is 5.37. The maximum absolute atomic E-state index is 12.2. The van der Waals surface area contributed by atoms with Gasteiger partial charge in [0.2, 0.25) is 0 Å². The number of alkyl halides is 4. The molecule has 0 aliphatic heterocycles. The molecule has 0 saturated carbocycles. The van der Waals surface area contributed by atoms with Gasteiger partial charge in [0.25, 0.3) is 5.91 Å². The van der Waals surface area contributed by atoms with Gasteiger partial charge in [-0.3, -0.25) is 4.79 Å². The summed E-state index contributed by atoms with van der Waals surface area (Å²) in [6.07, 6.45) is -2.11. The van der Waals surface area contributed by atoms with Crippen molar-refractivity contribution in [2.75, 3.05) is 19.0 Å². The number of rotatable bonds is 4. The minimum atomic E-state index is -4.46. The largest absolute Gasteiger partial charge is 0.406 e. The maximum Gasteiger partial charge on any atom is 0.406 e. The fourth-order valence-electron chi connectivity index (χ4n) is 1.17. The van der Waals surface area contributed by atoms with E-state index in [1.165, 1.54) is 12.3 Å². The zero-order chi connectivity index (χ0) is 12.9. The second-order valence-electron chi connectivity index (χ2n) is 3.16. The number of carbonyl (C=O) groups is 1. The van der Waals surface area contributed by atoms with Crippen molar-refractivity contribution in [3.63, 3.8) is 0 Å². The van der Waals surface area contributed by atoms with Gasteiger partial charge in [-0.05, 0) is 6.07 Å². The maximum atomic E-state index is 12.2. The van der Waals surface area contributed by atoms with Crippen molar-refractivity contribution in [3.05, 3.63) is 24.0 Å². The predicted molar refractivity (Wildman–Crippen MR) is 54.7 cm³/mol. The standard InChI is InChI=1S/C9H9ClF3N3O/c10-2-4-16(6-9(11,12)13)8(17)7-1-3-14-15-5-7/h1,3,5H,2,4,6H2. The highest BCUT2D eigenvalue weighted by Gasteiger charge is 2.33. The Labute approximate surface area is 100 Å². The molecule has 1 rings (SSSR count). The van der Waals surface area contributed by atoms with Crippen LogP contribution in [0.15, 0.2) is 18.5 Å². The molecule has 17 heavy (non-hydrogen) atoms. The molecule has 0 N–H and O–H groups in total. The Morgan fingerprint density at radius 1 is 1.41 bits per heavy atom. The number of aromatic nitrogens is 2. The molecule has 0 aliphatic carbocycles. The molecule has 0 spiro atoms. The van der Waals surface area contributed by atoms with Gasteiger partial charge in [0, 0.05) is 12.4 Å². The van der Waals surface area contributed by atoms with Gasteiger partial charge in [-0.2, -0.15) is 23.4 Å². The van der Waals surface area contributed by atoms with Crippen molar-refractivity contribution in [2.45, 2.75) is 6.18 Å². The Balaban J connectivity index is 2.81. The van der Waals surface area contributed by atoms with Crippen molar-refractivity contribution in [1.82, 2.24) is 15.1 Å². The first-order valence-electron chi connectivity index (χ1n) is 4.63. The summed E-state index contributed by atoms with van der Waals surface area (Å²) in [5.41, 5.74) is 0.0503. The van der Waals surface area contributed by atoms with Crippen molar-refractivity contribution < 1.29 is 18.0 Å². The summed E-state index contributed by atoms with van der Waals surface area (Å²) in [6.45, 7) is -1.51. The van der Waals surface area contributed by atoms with Crippen LogP contribution in [0, 0.1) is 0 Å².